The van der Waals surface area contributed by atoms with Crippen molar-refractivity contribution in [2.75, 3.05) is 31.1 Å². The van der Waals surface area contributed by atoms with E-state index in [4.69, 9.17) is 21.6 Å². The third kappa shape index (κ3) is 6.56. The Bertz CT molecular complexity index is 802. The molecule has 0 aromatic heterocycles. The second-order valence-electron chi connectivity index (χ2n) is 6.31. The number of carbonyl (C=O) groups excluding carboxylic acids is 1. The molecule has 0 aliphatic carbocycles. The number of rotatable bonds is 10. The van der Waals surface area contributed by atoms with E-state index in [1.807, 2.05) is 62.4 Å². The number of hydrogen-bond donors (Lipinski definition) is 0. The van der Waals surface area contributed by atoms with Crippen LogP contribution in [0.5, 0.6) is 5.75 Å². The summed E-state index contributed by atoms with van der Waals surface area (Å²) in [5.41, 5.74) is 1.83. The first kappa shape index (κ1) is 21.7. The highest BCUT2D eigenvalue weighted by Crippen LogP contribution is 2.21. The summed E-state index contributed by atoms with van der Waals surface area (Å²) >= 11 is 6.07. The molecule has 0 aliphatic rings. The standard InChI is InChI=1S/C22H26ClN3O2/c1-3-25(16-18-7-5-8-19(23)15-18)17-22(27)26(14-6-13-24)20-9-11-21(12-10-20)28-4-2/h5,7-12,15H,3-4,6,14,16-17H2,1-2H3. The van der Waals surface area contributed by atoms with E-state index in [2.05, 4.69) is 11.0 Å². The topological polar surface area (TPSA) is 56.6 Å². The van der Waals surface area contributed by atoms with Crippen molar-refractivity contribution in [2.24, 2.45) is 0 Å². The number of ether oxygens (including phenoxy) is 1. The van der Waals surface area contributed by atoms with Crippen molar-refractivity contribution in [3.05, 3.63) is 59.1 Å². The molecule has 1 amide bonds. The van der Waals surface area contributed by atoms with Crippen molar-refractivity contribution in [1.82, 2.24) is 4.90 Å². The number of likely N-dealkylation sites (N-methyl/N-ethyl adjacent to an activating group) is 1. The minimum atomic E-state index is -0.0386. The molecule has 0 saturated heterocycles. The Hall–Kier alpha value is -2.55. The highest BCUT2D eigenvalue weighted by atomic mass is 35.5. The third-order valence-electron chi connectivity index (χ3n) is 4.31. The molecule has 0 atom stereocenters. The van der Waals surface area contributed by atoms with E-state index >= 15 is 0 Å². The van der Waals surface area contributed by atoms with E-state index in [0.29, 0.717) is 24.7 Å². The van der Waals surface area contributed by atoms with Gasteiger partial charge in [-0.3, -0.25) is 9.69 Å². The second kappa shape index (κ2) is 11.3. The molecule has 0 spiro atoms. The molecule has 0 unspecified atom stereocenters. The molecule has 5 nitrogen and oxygen atoms in total. The Morgan fingerprint density at radius 3 is 2.54 bits per heavy atom. The van der Waals surface area contributed by atoms with E-state index in [-0.39, 0.29) is 18.9 Å². The Labute approximate surface area is 172 Å². The molecule has 6 heteroatoms. The number of anilines is 1. The van der Waals surface area contributed by atoms with Gasteiger partial charge in [0.25, 0.3) is 0 Å². The lowest BCUT2D eigenvalue weighted by Gasteiger charge is -2.26. The normalized spacial score (nSPS) is 10.5. The van der Waals surface area contributed by atoms with Crippen molar-refractivity contribution in [2.45, 2.75) is 26.8 Å². The number of benzene rings is 2. The molecular formula is C22H26ClN3O2. The Balaban J connectivity index is 2.11. The van der Waals surface area contributed by atoms with Gasteiger partial charge in [0.05, 0.1) is 25.6 Å². The summed E-state index contributed by atoms with van der Waals surface area (Å²) in [5, 5.41) is 9.66. The van der Waals surface area contributed by atoms with Crippen LogP contribution >= 0.6 is 11.6 Å². The molecule has 0 aliphatic heterocycles. The molecule has 2 rings (SSSR count). The lowest BCUT2D eigenvalue weighted by molar-refractivity contribution is -0.119. The van der Waals surface area contributed by atoms with Crippen LogP contribution in [-0.4, -0.2) is 37.0 Å². The Kier molecular flexibility index (Phi) is 8.80. The number of hydrogen-bond acceptors (Lipinski definition) is 4. The van der Waals surface area contributed by atoms with Crippen LogP contribution in [0.15, 0.2) is 48.5 Å². The lowest BCUT2D eigenvalue weighted by Crippen LogP contribution is -2.40. The fraction of sp³-hybridized carbons (Fsp3) is 0.364. The van der Waals surface area contributed by atoms with Gasteiger partial charge >= 0.3 is 0 Å². The van der Waals surface area contributed by atoms with Gasteiger partial charge in [0.2, 0.25) is 5.91 Å². The molecule has 28 heavy (non-hydrogen) atoms. The summed E-state index contributed by atoms with van der Waals surface area (Å²) in [4.78, 5) is 16.7. The average Bonchev–Trinajstić information content (AvgIpc) is 2.69. The molecule has 148 valence electrons. The first-order valence-electron chi connectivity index (χ1n) is 9.44. The fourth-order valence-corrected chi connectivity index (χ4v) is 3.11. The van der Waals surface area contributed by atoms with Gasteiger partial charge in [-0.05, 0) is 55.4 Å². The zero-order valence-corrected chi connectivity index (χ0v) is 17.2. The van der Waals surface area contributed by atoms with Gasteiger partial charge in [0.15, 0.2) is 0 Å². The largest absolute Gasteiger partial charge is 0.494 e. The van der Waals surface area contributed by atoms with Crippen LogP contribution < -0.4 is 9.64 Å². The lowest BCUT2D eigenvalue weighted by atomic mass is 10.2. The highest BCUT2D eigenvalue weighted by molar-refractivity contribution is 6.30. The van der Waals surface area contributed by atoms with Crippen LogP contribution in [0.2, 0.25) is 5.02 Å². The summed E-state index contributed by atoms with van der Waals surface area (Å²) in [6.07, 6.45) is 0.277. The summed E-state index contributed by atoms with van der Waals surface area (Å²) < 4.78 is 5.47. The Morgan fingerprint density at radius 2 is 1.93 bits per heavy atom. The van der Waals surface area contributed by atoms with Gasteiger partial charge < -0.3 is 9.64 Å². The van der Waals surface area contributed by atoms with E-state index in [9.17, 15) is 4.79 Å². The number of amides is 1. The SMILES string of the molecule is CCOc1ccc(N(CCC#N)C(=O)CN(CC)Cc2cccc(Cl)c2)cc1. The van der Waals surface area contributed by atoms with Crippen LogP contribution in [0, 0.1) is 11.3 Å². The first-order valence-corrected chi connectivity index (χ1v) is 9.82. The number of nitrogens with zero attached hydrogens (tertiary/aromatic N) is 3. The first-order chi connectivity index (χ1) is 13.6. The van der Waals surface area contributed by atoms with E-state index < -0.39 is 0 Å². The highest BCUT2D eigenvalue weighted by Gasteiger charge is 2.18. The molecule has 0 saturated carbocycles. The van der Waals surface area contributed by atoms with Crippen LogP contribution in [0.25, 0.3) is 0 Å². The molecule has 0 fully saturated rings. The summed E-state index contributed by atoms with van der Waals surface area (Å²) in [7, 11) is 0. The van der Waals surface area contributed by atoms with Crippen molar-refractivity contribution in [3.63, 3.8) is 0 Å². The zero-order valence-electron chi connectivity index (χ0n) is 16.4. The molecule has 0 heterocycles. The van der Waals surface area contributed by atoms with Gasteiger partial charge in [-0.15, -0.1) is 0 Å². The average molecular weight is 400 g/mol. The minimum Gasteiger partial charge on any atom is -0.494 e. The maximum atomic E-state index is 13.0. The quantitative estimate of drug-likeness (QED) is 0.589. The van der Waals surface area contributed by atoms with Crippen molar-refractivity contribution >= 4 is 23.2 Å². The molecule has 2 aromatic rings. The van der Waals surface area contributed by atoms with Crippen molar-refractivity contribution < 1.29 is 9.53 Å². The third-order valence-corrected chi connectivity index (χ3v) is 4.54. The van der Waals surface area contributed by atoms with Gasteiger partial charge in [-0.25, -0.2) is 0 Å². The van der Waals surface area contributed by atoms with Crippen LogP contribution in [0.1, 0.15) is 25.8 Å². The second-order valence-corrected chi connectivity index (χ2v) is 6.75. The molecule has 0 N–H and O–H groups in total. The summed E-state index contributed by atoms with van der Waals surface area (Å²) in [5.74, 6) is 0.721. The maximum Gasteiger partial charge on any atom is 0.241 e. The van der Waals surface area contributed by atoms with Gasteiger partial charge in [0, 0.05) is 23.8 Å². The number of halogens is 1. The van der Waals surface area contributed by atoms with Gasteiger partial charge in [-0.1, -0.05) is 30.7 Å². The molecule has 0 radical (unpaired) electrons. The van der Waals surface area contributed by atoms with E-state index in [1.165, 1.54) is 0 Å². The monoisotopic (exact) mass is 399 g/mol. The van der Waals surface area contributed by atoms with Crippen LogP contribution in [-0.2, 0) is 11.3 Å². The summed E-state index contributed by atoms with van der Waals surface area (Å²) in [6, 6.07) is 17.2. The maximum absolute atomic E-state index is 13.0. The predicted molar refractivity (Wildman–Crippen MR) is 113 cm³/mol. The van der Waals surface area contributed by atoms with E-state index in [1.54, 1.807) is 4.90 Å². The van der Waals surface area contributed by atoms with Crippen LogP contribution in [0.3, 0.4) is 0 Å². The molecular weight excluding hydrogens is 374 g/mol. The van der Waals surface area contributed by atoms with E-state index in [0.717, 1.165) is 23.5 Å². The molecule has 0 bridgehead atoms. The number of nitriles is 1. The van der Waals surface area contributed by atoms with Gasteiger partial charge in [0.1, 0.15) is 5.75 Å². The zero-order chi connectivity index (χ0) is 20.4. The molecule has 2 aromatic carbocycles. The smallest absolute Gasteiger partial charge is 0.241 e. The number of carbonyl (C=O) groups is 1. The predicted octanol–water partition coefficient (Wildman–Crippen LogP) is 4.51. The minimum absolute atomic E-state index is 0.0386. The van der Waals surface area contributed by atoms with Crippen LogP contribution in [0.4, 0.5) is 5.69 Å². The van der Waals surface area contributed by atoms with Crippen molar-refractivity contribution in [3.8, 4) is 11.8 Å². The fourth-order valence-electron chi connectivity index (χ4n) is 2.90. The van der Waals surface area contributed by atoms with Gasteiger partial charge in [-0.2, -0.15) is 5.26 Å². The Morgan fingerprint density at radius 1 is 1.18 bits per heavy atom. The van der Waals surface area contributed by atoms with Crippen molar-refractivity contribution in [1.29, 1.82) is 5.26 Å². The summed E-state index contributed by atoms with van der Waals surface area (Å²) in [6.45, 7) is 6.53.